The molecule has 0 amide bonds. The van der Waals surface area contributed by atoms with Crippen molar-refractivity contribution < 1.29 is 0 Å². The van der Waals surface area contributed by atoms with E-state index in [0.29, 0.717) is 5.69 Å². The number of thiocarbonyl (C=S) groups is 1. The molecule has 76 valence electrons. The Hall–Kier alpha value is -1.61. The molecule has 0 radical (unpaired) electrons. The monoisotopic (exact) mass is 216 g/mol. The van der Waals surface area contributed by atoms with Crippen molar-refractivity contribution in [2.45, 2.75) is 6.42 Å². The lowest BCUT2D eigenvalue weighted by molar-refractivity contribution is 1.49. The van der Waals surface area contributed by atoms with Crippen molar-refractivity contribution in [2.75, 3.05) is 11.5 Å². The quantitative estimate of drug-likeness (QED) is 0.560. The standard InChI is InChI=1S/C12H12N2S/c13-9-4-5-12(14)11(7-9)8-2-1-3-10(15)6-8/h1-2,4-7H,3,13-14H2. The second kappa shape index (κ2) is 3.87. The van der Waals surface area contributed by atoms with Crippen LogP contribution in [0.1, 0.15) is 12.0 Å². The van der Waals surface area contributed by atoms with E-state index in [1.807, 2.05) is 30.4 Å². The van der Waals surface area contributed by atoms with Gasteiger partial charge in [0.2, 0.25) is 0 Å². The molecule has 1 aliphatic carbocycles. The lowest BCUT2D eigenvalue weighted by atomic mass is 9.98. The molecular weight excluding hydrogens is 204 g/mol. The Bertz CT molecular complexity index is 473. The van der Waals surface area contributed by atoms with Gasteiger partial charge in [-0.1, -0.05) is 24.4 Å². The van der Waals surface area contributed by atoms with Gasteiger partial charge in [-0.2, -0.15) is 0 Å². The van der Waals surface area contributed by atoms with Crippen molar-refractivity contribution in [3.63, 3.8) is 0 Å². The van der Waals surface area contributed by atoms with Crippen molar-refractivity contribution in [3.05, 3.63) is 42.0 Å². The molecule has 0 aliphatic heterocycles. The largest absolute Gasteiger partial charge is 0.399 e. The number of hydrogen-bond acceptors (Lipinski definition) is 3. The van der Waals surface area contributed by atoms with Gasteiger partial charge in [-0.25, -0.2) is 0 Å². The first-order valence-electron chi connectivity index (χ1n) is 4.73. The molecule has 0 unspecified atom stereocenters. The summed E-state index contributed by atoms with van der Waals surface area (Å²) in [6.45, 7) is 0. The minimum absolute atomic E-state index is 0.713. The van der Waals surface area contributed by atoms with E-state index in [9.17, 15) is 0 Å². The number of benzene rings is 1. The van der Waals surface area contributed by atoms with Crippen LogP contribution in [0.3, 0.4) is 0 Å². The van der Waals surface area contributed by atoms with Crippen LogP contribution >= 0.6 is 12.2 Å². The van der Waals surface area contributed by atoms with Gasteiger partial charge in [0.25, 0.3) is 0 Å². The smallest absolute Gasteiger partial charge is 0.0395 e. The third kappa shape index (κ3) is 2.07. The van der Waals surface area contributed by atoms with Crippen molar-refractivity contribution in [1.29, 1.82) is 0 Å². The van der Waals surface area contributed by atoms with E-state index in [-0.39, 0.29) is 0 Å². The number of nitrogens with two attached hydrogens (primary N) is 2. The first-order chi connectivity index (χ1) is 7.16. The van der Waals surface area contributed by atoms with Crippen LogP contribution in [-0.4, -0.2) is 4.86 Å². The van der Waals surface area contributed by atoms with Crippen LogP contribution in [0.5, 0.6) is 0 Å². The maximum atomic E-state index is 5.89. The van der Waals surface area contributed by atoms with Gasteiger partial charge in [0.15, 0.2) is 0 Å². The highest BCUT2D eigenvalue weighted by molar-refractivity contribution is 7.80. The number of nitrogen functional groups attached to an aromatic ring is 2. The van der Waals surface area contributed by atoms with Crippen LogP contribution in [0.2, 0.25) is 0 Å². The van der Waals surface area contributed by atoms with E-state index in [1.165, 1.54) is 0 Å². The van der Waals surface area contributed by atoms with Gasteiger partial charge >= 0.3 is 0 Å². The van der Waals surface area contributed by atoms with Gasteiger partial charge < -0.3 is 11.5 Å². The third-order valence-corrected chi connectivity index (χ3v) is 2.61. The fraction of sp³-hybridized carbons (Fsp3) is 0.0833. The lowest BCUT2D eigenvalue weighted by Crippen LogP contribution is -1.99. The number of hydrogen-bond donors (Lipinski definition) is 2. The predicted molar refractivity (Wildman–Crippen MR) is 69.6 cm³/mol. The molecule has 0 bridgehead atoms. The van der Waals surface area contributed by atoms with E-state index < -0.39 is 0 Å². The van der Waals surface area contributed by atoms with Crippen LogP contribution in [-0.2, 0) is 0 Å². The highest BCUT2D eigenvalue weighted by atomic mass is 32.1. The highest BCUT2D eigenvalue weighted by Gasteiger charge is 2.07. The Morgan fingerprint density at radius 3 is 2.73 bits per heavy atom. The molecule has 2 nitrogen and oxygen atoms in total. The summed E-state index contributed by atoms with van der Waals surface area (Å²) >= 11 is 5.16. The molecule has 0 heterocycles. The zero-order valence-corrected chi connectivity index (χ0v) is 9.05. The molecule has 0 atom stereocenters. The molecule has 0 aromatic heterocycles. The zero-order valence-electron chi connectivity index (χ0n) is 8.23. The van der Waals surface area contributed by atoms with Crippen molar-refractivity contribution in [1.82, 2.24) is 0 Å². The average molecular weight is 216 g/mol. The second-order valence-corrected chi connectivity index (χ2v) is 4.04. The molecule has 1 aromatic carbocycles. The molecule has 4 N–H and O–H groups in total. The fourth-order valence-electron chi connectivity index (χ4n) is 1.57. The summed E-state index contributed by atoms with van der Waals surface area (Å²) in [7, 11) is 0. The van der Waals surface area contributed by atoms with E-state index >= 15 is 0 Å². The first-order valence-corrected chi connectivity index (χ1v) is 5.14. The SMILES string of the molecule is Nc1ccc(N)c(C2=CC(=S)CC=C2)c1. The molecule has 0 saturated carbocycles. The van der Waals surface area contributed by atoms with E-state index in [2.05, 4.69) is 0 Å². The van der Waals surface area contributed by atoms with Crippen LogP contribution in [0.15, 0.2) is 36.4 Å². The molecule has 1 aliphatic rings. The van der Waals surface area contributed by atoms with E-state index in [1.54, 1.807) is 6.07 Å². The molecule has 0 fully saturated rings. The van der Waals surface area contributed by atoms with Crippen LogP contribution in [0.25, 0.3) is 5.57 Å². The maximum Gasteiger partial charge on any atom is 0.0395 e. The summed E-state index contributed by atoms with van der Waals surface area (Å²) in [6, 6.07) is 5.49. The Balaban J connectivity index is 2.49. The van der Waals surface area contributed by atoms with Crippen molar-refractivity contribution in [2.24, 2.45) is 0 Å². The Labute approximate surface area is 94.3 Å². The highest BCUT2D eigenvalue weighted by Crippen LogP contribution is 2.27. The van der Waals surface area contributed by atoms with E-state index in [4.69, 9.17) is 23.7 Å². The molecule has 3 heteroatoms. The molecular formula is C12H12N2S. The zero-order chi connectivity index (χ0) is 10.8. The normalized spacial score (nSPS) is 15.2. The van der Waals surface area contributed by atoms with Gasteiger partial charge in [-0.15, -0.1) is 0 Å². The summed E-state index contributed by atoms with van der Waals surface area (Å²) < 4.78 is 0. The molecule has 1 aromatic rings. The lowest BCUT2D eigenvalue weighted by Gasteiger charge is -2.11. The van der Waals surface area contributed by atoms with Gasteiger partial charge in [0.05, 0.1) is 0 Å². The van der Waals surface area contributed by atoms with Gasteiger partial charge in [0.1, 0.15) is 0 Å². The summed E-state index contributed by atoms with van der Waals surface area (Å²) in [5, 5.41) is 0. The summed E-state index contributed by atoms with van der Waals surface area (Å²) in [5.41, 5.74) is 15.1. The summed E-state index contributed by atoms with van der Waals surface area (Å²) in [6.07, 6.45) is 6.88. The Morgan fingerprint density at radius 1 is 1.20 bits per heavy atom. The van der Waals surface area contributed by atoms with Crippen molar-refractivity contribution in [3.8, 4) is 0 Å². The average Bonchev–Trinajstić information content (AvgIpc) is 2.22. The molecule has 2 rings (SSSR count). The molecule has 0 spiro atoms. The summed E-state index contributed by atoms with van der Waals surface area (Å²) in [4.78, 5) is 0.925. The predicted octanol–water partition coefficient (Wildman–Crippen LogP) is 2.56. The van der Waals surface area contributed by atoms with Crippen LogP contribution < -0.4 is 11.5 Å². The van der Waals surface area contributed by atoms with Crippen LogP contribution in [0, 0.1) is 0 Å². The second-order valence-electron chi connectivity index (χ2n) is 3.52. The molecule has 0 saturated heterocycles. The first kappa shape index (κ1) is 9.93. The fourth-order valence-corrected chi connectivity index (χ4v) is 1.80. The number of anilines is 2. The van der Waals surface area contributed by atoms with Crippen molar-refractivity contribution >= 4 is 34.0 Å². The van der Waals surface area contributed by atoms with Crippen LogP contribution in [0.4, 0.5) is 11.4 Å². The maximum absolute atomic E-state index is 5.89. The van der Waals surface area contributed by atoms with E-state index in [0.717, 1.165) is 28.1 Å². The van der Waals surface area contributed by atoms with Gasteiger partial charge in [-0.05, 0) is 29.8 Å². The van der Waals surface area contributed by atoms with Gasteiger partial charge in [-0.3, -0.25) is 0 Å². The Morgan fingerprint density at radius 2 is 2.00 bits per heavy atom. The minimum Gasteiger partial charge on any atom is -0.399 e. The Kier molecular flexibility index (Phi) is 2.56. The number of rotatable bonds is 1. The molecule has 15 heavy (non-hydrogen) atoms. The minimum atomic E-state index is 0.713. The number of allylic oxidation sites excluding steroid dienone is 4. The summed E-state index contributed by atoms with van der Waals surface area (Å²) in [5.74, 6) is 0. The van der Waals surface area contributed by atoms with Gasteiger partial charge in [0, 0.05) is 28.2 Å². The third-order valence-electron chi connectivity index (χ3n) is 2.32. The topological polar surface area (TPSA) is 52.0 Å².